The van der Waals surface area contributed by atoms with Crippen LogP contribution in [0.1, 0.15) is 21.7 Å². The summed E-state index contributed by atoms with van der Waals surface area (Å²) in [7, 11) is 1.35. The number of aromatic nitrogens is 2. The van der Waals surface area contributed by atoms with Crippen LogP contribution in [-0.2, 0) is 17.8 Å². The van der Waals surface area contributed by atoms with Gasteiger partial charge in [-0.15, -0.1) is 0 Å². The first-order valence-corrected chi connectivity index (χ1v) is 3.68. The van der Waals surface area contributed by atoms with Gasteiger partial charge in [0.15, 0.2) is 5.69 Å². The Bertz CT molecular complexity index is 318. The van der Waals surface area contributed by atoms with Gasteiger partial charge in [-0.1, -0.05) is 0 Å². The molecule has 0 unspecified atom stereocenters. The van der Waals surface area contributed by atoms with E-state index in [2.05, 4.69) is 20.3 Å². The van der Waals surface area contributed by atoms with Crippen LogP contribution in [0, 0.1) is 0 Å². The molecule has 0 saturated carbocycles. The third kappa shape index (κ3) is 0.902. The summed E-state index contributed by atoms with van der Waals surface area (Å²) in [5.74, 6) is -0.379. The van der Waals surface area contributed by atoms with Crippen molar-refractivity contribution in [3.8, 4) is 0 Å². The van der Waals surface area contributed by atoms with Gasteiger partial charge in [-0.3, -0.25) is 5.10 Å². The van der Waals surface area contributed by atoms with Crippen LogP contribution in [0.15, 0.2) is 0 Å². The number of hydrogen-bond acceptors (Lipinski definition) is 4. The van der Waals surface area contributed by atoms with Crippen LogP contribution in [0.2, 0.25) is 0 Å². The Morgan fingerprint density at radius 2 is 2.42 bits per heavy atom. The fourth-order valence-electron chi connectivity index (χ4n) is 1.32. The highest BCUT2D eigenvalue weighted by Gasteiger charge is 2.22. The Morgan fingerprint density at radius 1 is 1.58 bits per heavy atom. The van der Waals surface area contributed by atoms with Gasteiger partial charge < -0.3 is 10.1 Å². The Hall–Kier alpha value is -1.36. The van der Waals surface area contributed by atoms with E-state index in [9.17, 15) is 4.79 Å². The van der Waals surface area contributed by atoms with Crippen molar-refractivity contribution in [2.45, 2.75) is 13.1 Å². The maximum atomic E-state index is 11.1. The van der Waals surface area contributed by atoms with E-state index in [0.717, 1.165) is 17.8 Å². The summed E-state index contributed by atoms with van der Waals surface area (Å²) in [4.78, 5) is 11.1. The van der Waals surface area contributed by atoms with E-state index >= 15 is 0 Å². The van der Waals surface area contributed by atoms with Gasteiger partial charge in [0.05, 0.1) is 12.8 Å². The monoisotopic (exact) mass is 167 g/mol. The number of aromatic amines is 1. The maximum Gasteiger partial charge on any atom is 0.358 e. The molecule has 2 rings (SSSR count). The van der Waals surface area contributed by atoms with Crippen LogP contribution in [-0.4, -0.2) is 23.3 Å². The lowest BCUT2D eigenvalue weighted by Crippen LogP contribution is -2.08. The molecular formula is C7H9N3O2. The molecule has 0 aromatic carbocycles. The number of nitrogens with one attached hydrogen (secondary N) is 2. The number of methoxy groups -OCH3 is 1. The third-order valence-corrected chi connectivity index (χ3v) is 1.94. The van der Waals surface area contributed by atoms with Crippen molar-refractivity contribution in [2.24, 2.45) is 0 Å². The van der Waals surface area contributed by atoms with Crippen molar-refractivity contribution >= 4 is 5.97 Å². The summed E-state index contributed by atoms with van der Waals surface area (Å²) in [6, 6.07) is 0. The Kier molecular flexibility index (Phi) is 1.58. The SMILES string of the molecule is COC(=O)c1n[nH]c2c1CNC2. The second kappa shape index (κ2) is 2.60. The first-order chi connectivity index (χ1) is 5.83. The molecule has 0 spiro atoms. The van der Waals surface area contributed by atoms with E-state index in [1.807, 2.05) is 0 Å². The van der Waals surface area contributed by atoms with Crippen molar-refractivity contribution in [1.82, 2.24) is 15.5 Å². The van der Waals surface area contributed by atoms with Gasteiger partial charge >= 0.3 is 5.97 Å². The summed E-state index contributed by atoms with van der Waals surface area (Å²) < 4.78 is 4.57. The number of carbonyl (C=O) groups excluding carboxylic acids is 1. The van der Waals surface area contributed by atoms with Gasteiger partial charge in [0.1, 0.15) is 0 Å². The molecule has 64 valence electrons. The minimum absolute atomic E-state index is 0.379. The molecule has 2 N–H and O–H groups in total. The van der Waals surface area contributed by atoms with Gasteiger partial charge in [0, 0.05) is 18.7 Å². The zero-order chi connectivity index (χ0) is 8.55. The molecule has 0 aliphatic carbocycles. The number of hydrogen-bond donors (Lipinski definition) is 2. The lowest BCUT2D eigenvalue weighted by Gasteiger charge is -1.95. The summed E-state index contributed by atoms with van der Waals surface area (Å²) in [6.07, 6.45) is 0. The predicted octanol–water partition coefficient (Wildman–Crippen LogP) is -0.201. The molecule has 0 bridgehead atoms. The minimum atomic E-state index is -0.379. The molecule has 1 aromatic rings. The van der Waals surface area contributed by atoms with Crippen LogP contribution in [0.3, 0.4) is 0 Å². The van der Waals surface area contributed by atoms with Gasteiger partial charge in [0.25, 0.3) is 0 Å². The molecule has 12 heavy (non-hydrogen) atoms. The van der Waals surface area contributed by atoms with Gasteiger partial charge in [-0.2, -0.15) is 5.10 Å². The number of carbonyl (C=O) groups is 1. The Labute approximate surface area is 69.1 Å². The van der Waals surface area contributed by atoms with Crippen LogP contribution >= 0.6 is 0 Å². The first-order valence-electron chi connectivity index (χ1n) is 3.68. The zero-order valence-electron chi connectivity index (χ0n) is 6.68. The van der Waals surface area contributed by atoms with E-state index in [-0.39, 0.29) is 5.97 Å². The Balaban J connectivity index is 2.39. The van der Waals surface area contributed by atoms with Crippen molar-refractivity contribution in [3.05, 3.63) is 17.0 Å². The van der Waals surface area contributed by atoms with Crippen molar-refractivity contribution < 1.29 is 9.53 Å². The molecule has 5 nitrogen and oxygen atoms in total. The highest BCUT2D eigenvalue weighted by Crippen LogP contribution is 2.16. The lowest BCUT2D eigenvalue weighted by molar-refractivity contribution is 0.0592. The molecule has 1 aliphatic rings. The van der Waals surface area contributed by atoms with E-state index in [0.29, 0.717) is 12.2 Å². The van der Waals surface area contributed by atoms with Crippen LogP contribution in [0.5, 0.6) is 0 Å². The largest absolute Gasteiger partial charge is 0.464 e. The first kappa shape index (κ1) is 7.30. The van der Waals surface area contributed by atoms with Crippen molar-refractivity contribution in [2.75, 3.05) is 7.11 Å². The number of rotatable bonds is 1. The molecule has 1 aliphatic heterocycles. The average molecular weight is 167 g/mol. The molecule has 0 radical (unpaired) electrons. The van der Waals surface area contributed by atoms with E-state index < -0.39 is 0 Å². The number of H-pyrrole nitrogens is 1. The average Bonchev–Trinajstić information content (AvgIpc) is 2.62. The number of fused-ring (bicyclic) bond motifs is 1. The molecule has 0 fully saturated rings. The van der Waals surface area contributed by atoms with Crippen LogP contribution in [0.25, 0.3) is 0 Å². The normalized spacial score (nSPS) is 14.4. The highest BCUT2D eigenvalue weighted by molar-refractivity contribution is 5.89. The van der Waals surface area contributed by atoms with E-state index in [1.54, 1.807) is 0 Å². The van der Waals surface area contributed by atoms with Gasteiger partial charge in [-0.25, -0.2) is 4.79 Å². The summed E-state index contributed by atoms with van der Waals surface area (Å²) in [5.41, 5.74) is 2.31. The fourth-order valence-corrected chi connectivity index (χ4v) is 1.32. The fraction of sp³-hybridized carbons (Fsp3) is 0.429. The quantitative estimate of drug-likeness (QED) is 0.568. The predicted molar refractivity (Wildman–Crippen MR) is 40.5 cm³/mol. The third-order valence-electron chi connectivity index (χ3n) is 1.94. The summed E-state index contributed by atoms with van der Waals surface area (Å²) in [5, 5.41) is 9.77. The molecular weight excluding hydrogens is 158 g/mol. The van der Waals surface area contributed by atoms with Crippen molar-refractivity contribution in [1.29, 1.82) is 0 Å². The minimum Gasteiger partial charge on any atom is -0.464 e. The molecule has 0 saturated heterocycles. The second-order valence-corrected chi connectivity index (χ2v) is 2.62. The van der Waals surface area contributed by atoms with Crippen LogP contribution < -0.4 is 5.32 Å². The molecule has 0 atom stereocenters. The molecule has 2 heterocycles. The number of ether oxygens (including phenoxy) is 1. The molecule has 0 amide bonds. The van der Waals surface area contributed by atoms with E-state index in [4.69, 9.17) is 0 Å². The van der Waals surface area contributed by atoms with Crippen molar-refractivity contribution in [3.63, 3.8) is 0 Å². The number of nitrogens with zero attached hydrogens (tertiary/aromatic N) is 1. The lowest BCUT2D eigenvalue weighted by atomic mass is 10.2. The molecule has 1 aromatic heterocycles. The smallest absolute Gasteiger partial charge is 0.358 e. The van der Waals surface area contributed by atoms with Crippen LogP contribution in [0.4, 0.5) is 0 Å². The zero-order valence-corrected chi connectivity index (χ0v) is 6.68. The van der Waals surface area contributed by atoms with E-state index in [1.165, 1.54) is 7.11 Å². The van der Waals surface area contributed by atoms with Gasteiger partial charge in [0.2, 0.25) is 0 Å². The second-order valence-electron chi connectivity index (χ2n) is 2.62. The standard InChI is InChI=1S/C7H9N3O2/c1-12-7(11)6-4-2-8-3-5(4)9-10-6/h8H,2-3H2,1H3,(H,9,10). The summed E-state index contributed by atoms with van der Waals surface area (Å²) >= 11 is 0. The Morgan fingerprint density at radius 3 is 3.17 bits per heavy atom. The number of esters is 1. The molecule has 5 heteroatoms. The maximum absolute atomic E-state index is 11.1. The summed E-state index contributed by atoms with van der Waals surface area (Å²) in [6.45, 7) is 1.44. The van der Waals surface area contributed by atoms with Gasteiger partial charge in [-0.05, 0) is 0 Å². The highest BCUT2D eigenvalue weighted by atomic mass is 16.5. The topological polar surface area (TPSA) is 67.0 Å².